The molecule has 1 aliphatic rings. The number of rotatable bonds is 8. The van der Waals surface area contributed by atoms with Crippen molar-refractivity contribution in [3.8, 4) is 23.6 Å². The van der Waals surface area contributed by atoms with Crippen molar-refractivity contribution in [2.24, 2.45) is 0 Å². The summed E-state index contributed by atoms with van der Waals surface area (Å²) in [4.78, 5) is 18.3. The molecule has 0 unspecified atom stereocenters. The normalized spacial score (nSPS) is 15.8. The smallest absolute Gasteiger partial charge is 0.292 e. The number of carbonyl (C=O) groups is 1. The van der Waals surface area contributed by atoms with Gasteiger partial charge in [0, 0.05) is 31.3 Å². The van der Waals surface area contributed by atoms with E-state index in [1.165, 1.54) is 48.1 Å². The number of benzene rings is 1. The molecule has 0 radical (unpaired) electrons. The summed E-state index contributed by atoms with van der Waals surface area (Å²) >= 11 is 0. The fourth-order valence-corrected chi connectivity index (χ4v) is 6.09. The molecule has 0 atom stereocenters. The van der Waals surface area contributed by atoms with Crippen LogP contribution in [0.4, 0.5) is 22.0 Å². The minimum absolute atomic E-state index is 0. The summed E-state index contributed by atoms with van der Waals surface area (Å²) in [7, 11) is -4.25. The van der Waals surface area contributed by atoms with Crippen molar-refractivity contribution in [3.63, 3.8) is 0 Å². The number of nitrogens with one attached hydrogen (secondary N) is 1. The second-order valence-electron chi connectivity index (χ2n) is 8.70. The van der Waals surface area contributed by atoms with Crippen molar-refractivity contribution in [2.75, 3.05) is 19.6 Å². The first-order valence-electron chi connectivity index (χ1n) is 11.1. The molecule has 3 rings (SSSR count). The minimum atomic E-state index is -5.63. The number of alkyl halides is 5. The number of halogens is 7. The van der Waals surface area contributed by atoms with Gasteiger partial charge in [0.1, 0.15) is 0 Å². The zero-order valence-electron chi connectivity index (χ0n) is 20.2. The third-order valence-corrected chi connectivity index (χ3v) is 8.95. The van der Waals surface area contributed by atoms with Crippen molar-refractivity contribution in [1.29, 1.82) is 0 Å². The zero-order valence-corrected chi connectivity index (χ0v) is 22.7. The Bertz CT molecular complexity index is 1260. The number of likely N-dealkylation sites (tertiary alicyclic amines) is 1. The highest BCUT2D eigenvalue weighted by molar-refractivity contribution is 7.93. The van der Waals surface area contributed by atoms with E-state index in [9.17, 15) is 40.4 Å². The number of terminal acetylenes is 1. The van der Waals surface area contributed by atoms with Crippen LogP contribution in [0.3, 0.4) is 0 Å². The molecule has 1 amide bonds. The lowest BCUT2D eigenvalue weighted by Crippen LogP contribution is -2.57. The minimum Gasteiger partial charge on any atom is -0.292 e. The predicted octanol–water partition coefficient (Wildman–Crippen LogP) is 4.47. The van der Waals surface area contributed by atoms with Crippen molar-refractivity contribution >= 4 is 40.6 Å². The molecule has 2 N–H and O–H groups in total. The van der Waals surface area contributed by atoms with Gasteiger partial charge in [0.25, 0.3) is 5.91 Å². The molecule has 1 fully saturated rings. The fourth-order valence-electron chi connectivity index (χ4n) is 4.14. The molecular formula is C24H26Cl2F5N3O4S. The van der Waals surface area contributed by atoms with Gasteiger partial charge in [0.05, 0.1) is 17.1 Å². The van der Waals surface area contributed by atoms with Gasteiger partial charge in [-0.3, -0.25) is 19.9 Å². The van der Waals surface area contributed by atoms with Crippen LogP contribution < -0.4 is 5.48 Å². The molecule has 216 valence electrons. The Balaban J connectivity index is 0.00000380. The van der Waals surface area contributed by atoms with Crippen molar-refractivity contribution in [3.05, 3.63) is 48.2 Å². The first-order valence-corrected chi connectivity index (χ1v) is 12.6. The Labute approximate surface area is 234 Å². The average molecular weight is 618 g/mol. The van der Waals surface area contributed by atoms with E-state index in [4.69, 9.17) is 6.42 Å². The fraction of sp³-hybridized carbons (Fsp3) is 0.417. The second kappa shape index (κ2) is 13.2. The number of hydrogen-bond donors (Lipinski definition) is 2. The Morgan fingerprint density at radius 1 is 1.08 bits per heavy atom. The van der Waals surface area contributed by atoms with Crippen molar-refractivity contribution in [1.82, 2.24) is 15.4 Å². The summed E-state index contributed by atoms with van der Waals surface area (Å²) in [6.45, 7) is 0.766. The van der Waals surface area contributed by atoms with Crippen LogP contribution in [-0.2, 0) is 21.1 Å². The first kappa shape index (κ1) is 34.5. The third-order valence-electron chi connectivity index (χ3n) is 6.44. The number of sulfone groups is 1. The summed E-state index contributed by atoms with van der Waals surface area (Å²) < 4.78 is 88.4. The topological polar surface area (TPSA) is 99.6 Å². The number of piperidine rings is 1. The van der Waals surface area contributed by atoms with Crippen LogP contribution in [0.25, 0.3) is 11.3 Å². The summed E-state index contributed by atoms with van der Waals surface area (Å²) in [5.41, 5.74) is 2.44. The number of pyridine rings is 1. The molecule has 2 aromatic rings. The number of hydrogen-bond acceptors (Lipinski definition) is 6. The number of aromatic nitrogens is 1. The molecule has 1 aromatic heterocycles. The van der Waals surface area contributed by atoms with E-state index in [0.29, 0.717) is 17.8 Å². The van der Waals surface area contributed by atoms with Crippen LogP contribution in [0.15, 0.2) is 47.5 Å². The summed E-state index contributed by atoms with van der Waals surface area (Å²) in [6.07, 6.45) is -1.26. The van der Waals surface area contributed by atoms with Crippen LogP contribution in [-0.4, -0.2) is 65.9 Å². The molecule has 0 saturated carbocycles. The van der Waals surface area contributed by atoms with Crippen LogP contribution in [0.2, 0.25) is 0 Å². The van der Waals surface area contributed by atoms with Crippen LogP contribution in [0.5, 0.6) is 0 Å². The highest BCUT2D eigenvalue weighted by atomic mass is 35.5. The highest BCUT2D eigenvalue weighted by Crippen LogP contribution is 2.39. The van der Waals surface area contributed by atoms with Crippen LogP contribution >= 0.6 is 24.8 Å². The van der Waals surface area contributed by atoms with E-state index in [1.807, 2.05) is 4.90 Å². The summed E-state index contributed by atoms with van der Waals surface area (Å²) in [6, 6.07) is 8.22. The van der Waals surface area contributed by atoms with E-state index in [-0.39, 0.29) is 61.2 Å². The average Bonchev–Trinajstić information content (AvgIpc) is 2.87. The van der Waals surface area contributed by atoms with Gasteiger partial charge in [0.2, 0.25) is 0 Å². The van der Waals surface area contributed by atoms with E-state index < -0.39 is 45.4 Å². The predicted molar refractivity (Wildman–Crippen MR) is 138 cm³/mol. The molecule has 39 heavy (non-hydrogen) atoms. The zero-order chi connectivity index (χ0) is 27.5. The molecule has 15 heteroatoms. The largest absolute Gasteiger partial charge is 0.453 e. The maximum atomic E-state index is 13.5. The molecule has 0 bridgehead atoms. The first-order chi connectivity index (χ1) is 17.3. The summed E-state index contributed by atoms with van der Waals surface area (Å²) in [5, 5.41) is 9.25. The highest BCUT2D eigenvalue weighted by Gasteiger charge is 2.56. The summed E-state index contributed by atoms with van der Waals surface area (Å²) in [5.74, 6) is -3.38. The molecule has 1 saturated heterocycles. The maximum absolute atomic E-state index is 13.5. The lowest BCUT2D eigenvalue weighted by molar-refractivity contribution is -0.284. The van der Waals surface area contributed by atoms with Gasteiger partial charge in [0.15, 0.2) is 14.6 Å². The number of aryl methyl sites for hydroxylation is 1. The van der Waals surface area contributed by atoms with Gasteiger partial charge < -0.3 is 0 Å². The number of carbonyl (C=O) groups excluding carboxylic acids is 1. The Hall–Kier alpha value is -2.50. The van der Waals surface area contributed by atoms with E-state index in [0.717, 1.165) is 0 Å². The van der Waals surface area contributed by atoms with E-state index in [1.54, 1.807) is 0 Å². The molecule has 2 heterocycles. The van der Waals surface area contributed by atoms with Gasteiger partial charge in [-0.15, -0.1) is 31.2 Å². The molecule has 0 aliphatic carbocycles. The lowest BCUT2D eigenvalue weighted by atomic mass is 9.95. The number of hydroxylamine groups is 1. The number of amides is 1. The Kier molecular flexibility index (Phi) is 11.7. The molecule has 1 aromatic carbocycles. The van der Waals surface area contributed by atoms with E-state index in [2.05, 4.69) is 10.9 Å². The number of nitrogens with zero attached hydrogens (tertiary/aromatic N) is 2. The standard InChI is InChI=1S/C24H24F5N3O4S.2ClH/c1-2-13-32-14-11-22(12-15-32,21(33)31-34)37(35,36)19-6-4-18(5-7-19)20-8-3-17(16-30-20)9-10-23(25,26)24(27,28)29;;/h1,3-8,16,34H,9-15H2,(H,31,33);2*1H. The van der Waals surface area contributed by atoms with Crippen LogP contribution in [0.1, 0.15) is 24.8 Å². The van der Waals surface area contributed by atoms with Gasteiger partial charge in [-0.25, -0.2) is 13.9 Å². The SMILES string of the molecule is C#CCN1CCC(C(=O)NO)(S(=O)(=O)c2ccc(-c3ccc(CCC(F)(F)C(F)(F)F)cn3)cc2)CC1.Cl.Cl. The molecule has 0 spiro atoms. The second-order valence-corrected chi connectivity index (χ2v) is 11.0. The van der Waals surface area contributed by atoms with Gasteiger partial charge in [-0.05, 0) is 43.0 Å². The Morgan fingerprint density at radius 2 is 1.67 bits per heavy atom. The lowest BCUT2D eigenvalue weighted by Gasteiger charge is -2.38. The van der Waals surface area contributed by atoms with Crippen LogP contribution in [0, 0.1) is 12.3 Å². The third kappa shape index (κ3) is 7.18. The molecule has 7 nitrogen and oxygen atoms in total. The van der Waals surface area contributed by atoms with E-state index >= 15 is 0 Å². The quantitative estimate of drug-likeness (QED) is 0.196. The monoisotopic (exact) mass is 617 g/mol. The van der Waals surface area contributed by atoms with Crippen molar-refractivity contribution < 1.29 is 40.4 Å². The Morgan fingerprint density at radius 3 is 2.13 bits per heavy atom. The van der Waals surface area contributed by atoms with Gasteiger partial charge in [-0.2, -0.15) is 22.0 Å². The molecule has 1 aliphatic heterocycles. The van der Waals surface area contributed by atoms with Crippen molar-refractivity contribution in [2.45, 2.75) is 47.4 Å². The van der Waals surface area contributed by atoms with Gasteiger partial charge >= 0.3 is 12.1 Å². The van der Waals surface area contributed by atoms with Gasteiger partial charge in [-0.1, -0.05) is 24.1 Å². The molecular weight excluding hydrogens is 592 g/mol. The maximum Gasteiger partial charge on any atom is 0.453 e.